The molecule has 34 heavy (non-hydrogen) atoms. The first-order chi connectivity index (χ1) is 15.4. The number of aliphatic carboxylic acids is 1. The van der Waals surface area contributed by atoms with E-state index in [-0.39, 0.29) is 24.2 Å². The van der Waals surface area contributed by atoms with Crippen LogP contribution in [0.5, 0.6) is 0 Å². The molecule has 1 aliphatic rings. The number of hydrogen-bond acceptors (Lipinski definition) is 5. The number of ether oxygens (including phenoxy) is 2. The van der Waals surface area contributed by atoms with Gasteiger partial charge in [0.25, 0.3) is 0 Å². The summed E-state index contributed by atoms with van der Waals surface area (Å²) in [4.78, 5) is 39.4. The summed E-state index contributed by atoms with van der Waals surface area (Å²) in [6.45, 7) is 19.6. The molecule has 1 aliphatic heterocycles. The molecule has 3 atom stereocenters. The van der Waals surface area contributed by atoms with Crippen LogP contribution in [0.4, 0.5) is 4.79 Å². The highest BCUT2D eigenvalue weighted by Gasteiger charge is 2.53. The van der Waals surface area contributed by atoms with Crippen LogP contribution in [0, 0.1) is 17.3 Å². The van der Waals surface area contributed by atoms with Gasteiger partial charge in [0.05, 0.1) is 18.6 Å². The number of amides is 2. The Morgan fingerprint density at radius 3 is 2.21 bits per heavy atom. The topological polar surface area (TPSA) is 105 Å². The van der Waals surface area contributed by atoms with Crippen LogP contribution < -0.4 is 5.32 Å². The highest BCUT2D eigenvalue weighted by atomic mass is 16.6. The Morgan fingerprint density at radius 2 is 1.74 bits per heavy atom. The smallest absolute Gasteiger partial charge is 0.412 e. The van der Waals surface area contributed by atoms with Gasteiger partial charge in [-0.1, -0.05) is 41.0 Å². The van der Waals surface area contributed by atoms with Crippen LogP contribution in [0.1, 0.15) is 101 Å². The average molecular weight is 485 g/mol. The zero-order valence-corrected chi connectivity index (χ0v) is 23.0. The normalized spacial score (nSPS) is 21.4. The molecule has 0 aromatic heterocycles. The van der Waals surface area contributed by atoms with Crippen molar-refractivity contribution in [2.75, 3.05) is 6.54 Å². The van der Waals surface area contributed by atoms with Gasteiger partial charge >= 0.3 is 12.1 Å². The number of nitrogens with zero attached hydrogens (tertiary/aromatic N) is 1. The summed E-state index contributed by atoms with van der Waals surface area (Å²) in [5.74, 6) is -1.11. The standard InChI is InChI=1S/C26H48N2O6/c1-11-12-13-27-22(31)18(17(2)3)14-20-19(15-25(7,8)16-21(29)30)28(26(9,10)33-20)23(32)34-24(4,5)6/h17-20H,11-16H2,1-10H3,(H,27,31)(H,29,30)/t18-,19-,20-/m0/s1. The Kier molecular flexibility index (Phi) is 10.4. The van der Waals surface area contributed by atoms with E-state index in [9.17, 15) is 19.5 Å². The Bertz CT molecular complexity index is 711. The number of rotatable bonds is 11. The summed E-state index contributed by atoms with van der Waals surface area (Å²) < 4.78 is 12.1. The summed E-state index contributed by atoms with van der Waals surface area (Å²) in [5, 5.41) is 12.5. The third kappa shape index (κ3) is 9.08. The van der Waals surface area contributed by atoms with E-state index in [1.54, 1.807) is 4.90 Å². The van der Waals surface area contributed by atoms with Gasteiger partial charge in [0.15, 0.2) is 0 Å². The van der Waals surface area contributed by atoms with E-state index in [0.29, 0.717) is 19.4 Å². The summed E-state index contributed by atoms with van der Waals surface area (Å²) in [6.07, 6.45) is 1.80. The first-order valence-corrected chi connectivity index (χ1v) is 12.6. The Morgan fingerprint density at radius 1 is 1.15 bits per heavy atom. The molecular weight excluding hydrogens is 436 g/mol. The number of hydrogen-bond donors (Lipinski definition) is 2. The van der Waals surface area contributed by atoms with Crippen molar-refractivity contribution in [1.29, 1.82) is 0 Å². The van der Waals surface area contributed by atoms with Crippen LogP contribution in [0.15, 0.2) is 0 Å². The molecule has 1 fully saturated rings. The molecule has 8 heteroatoms. The van der Waals surface area contributed by atoms with Crippen LogP contribution in [-0.2, 0) is 19.1 Å². The highest BCUT2D eigenvalue weighted by Crippen LogP contribution is 2.42. The molecule has 0 aromatic carbocycles. The van der Waals surface area contributed by atoms with E-state index in [1.807, 2.05) is 62.3 Å². The number of carbonyl (C=O) groups is 3. The first kappa shape index (κ1) is 30.2. The maximum Gasteiger partial charge on any atom is 0.412 e. The van der Waals surface area contributed by atoms with Crippen molar-refractivity contribution in [1.82, 2.24) is 10.2 Å². The Hall–Kier alpha value is -1.83. The quantitative estimate of drug-likeness (QED) is 0.391. The molecule has 0 bridgehead atoms. The van der Waals surface area contributed by atoms with E-state index < -0.39 is 40.9 Å². The second-order valence-electron chi connectivity index (χ2n) is 12.2. The van der Waals surface area contributed by atoms with Gasteiger partial charge in [-0.15, -0.1) is 0 Å². The van der Waals surface area contributed by atoms with E-state index in [1.165, 1.54) is 0 Å². The van der Waals surface area contributed by atoms with Crippen LogP contribution in [0.25, 0.3) is 0 Å². The molecule has 8 nitrogen and oxygen atoms in total. The highest BCUT2D eigenvalue weighted by molar-refractivity contribution is 5.79. The third-order valence-corrected chi connectivity index (χ3v) is 6.22. The lowest BCUT2D eigenvalue weighted by molar-refractivity contribution is -0.139. The first-order valence-electron chi connectivity index (χ1n) is 12.6. The molecule has 0 unspecified atom stereocenters. The molecule has 0 aliphatic carbocycles. The molecule has 1 saturated heterocycles. The zero-order valence-electron chi connectivity index (χ0n) is 23.0. The summed E-state index contributed by atoms with van der Waals surface area (Å²) in [5.41, 5.74) is -2.24. The molecule has 0 saturated carbocycles. The summed E-state index contributed by atoms with van der Waals surface area (Å²) in [7, 11) is 0. The SMILES string of the molecule is CCCCNC(=O)[C@@H](C[C@@H]1OC(C)(C)N(C(=O)OC(C)(C)C)[C@H]1CC(C)(C)CC(=O)O)C(C)C. The maximum atomic E-state index is 13.3. The molecule has 0 spiro atoms. The van der Waals surface area contributed by atoms with Gasteiger partial charge in [0, 0.05) is 12.5 Å². The Labute approximate surface area is 206 Å². The molecule has 2 N–H and O–H groups in total. The lowest BCUT2D eigenvalue weighted by atomic mass is 9.78. The lowest BCUT2D eigenvalue weighted by Crippen LogP contribution is -2.51. The zero-order chi connectivity index (χ0) is 26.5. The van der Waals surface area contributed by atoms with Gasteiger partial charge in [0.1, 0.15) is 11.3 Å². The molecule has 0 aromatic rings. The maximum absolute atomic E-state index is 13.3. The number of carboxylic acid groups (broad SMARTS) is 1. The molecular formula is C26H48N2O6. The minimum absolute atomic E-state index is 0.0101. The fraction of sp³-hybridized carbons (Fsp3) is 0.885. The second kappa shape index (κ2) is 11.7. The van der Waals surface area contributed by atoms with Crippen LogP contribution in [-0.4, -0.2) is 58.0 Å². The Balaban J connectivity index is 3.30. The monoisotopic (exact) mass is 484 g/mol. The largest absolute Gasteiger partial charge is 0.481 e. The molecule has 0 radical (unpaired) electrons. The van der Waals surface area contributed by atoms with Gasteiger partial charge in [-0.25, -0.2) is 4.79 Å². The van der Waals surface area contributed by atoms with E-state index in [4.69, 9.17) is 9.47 Å². The minimum atomic E-state index is -0.961. The number of carboxylic acids is 1. The average Bonchev–Trinajstić information content (AvgIpc) is 2.85. The number of nitrogens with one attached hydrogen (secondary N) is 1. The van der Waals surface area contributed by atoms with Gasteiger partial charge in [-0.2, -0.15) is 0 Å². The van der Waals surface area contributed by atoms with Crippen LogP contribution in [0.2, 0.25) is 0 Å². The van der Waals surface area contributed by atoms with Crippen LogP contribution in [0.3, 0.4) is 0 Å². The predicted octanol–water partition coefficient (Wildman–Crippen LogP) is 5.20. The van der Waals surface area contributed by atoms with Gasteiger partial charge in [0.2, 0.25) is 5.91 Å². The molecule has 1 rings (SSSR count). The molecule has 1 heterocycles. The molecule has 2 amide bonds. The van der Waals surface area contributed by atoms with Gasteiger partial charge in [-0.05, 0) is 65.2 Å². The van der Waals surface area contributed by atoms with Crippen molar-refractivity contribution in [2.24, 2.45) is 17.3 Å². The van der Waals surface area contributed by atoms with E-state index >= 15 is 0 Å². The van der Waals surface area contributed by atoms with Crippen molar-refractivity contribution in [3.8, 4) is 0 Å². The minimum Gasteiger partial charge on any atom is -0.481 e. The lowest BCUT2D eigenvalue weighted by Gasteiger charge is -2.38. The summed E-state index contributed by atoms with van der Waals surface area (Å²) in [6, 6.07) is -0.427. The summed E-state index contributed by atoms with van der Waals surface area (Å²) >= 11 is 0. The predicted molar refractivity (Wildman–Crippen MR) is 132 cm³/mol. The van der Waals surface area contributed by atoms with Gasteiger partial charge < -0.3 is 19.9 Å². The number of unbranched alkanes of at least 4 members (excludes halogenated alkanes) is 1. The van der Waals surface area contributed by atoms with Crippen molar-refractivity contribution >= 4 is 18.0 Å². The third-order valence-electron chi connectivity index (χ3n) is 6.22. The van der Waals surface area contributed by atoms with Crippen molar-refractivity contribution < 1.29 is 29.0 Å². The van der Waals surface area contributed by atoms with Crippen molar-refractivity contribution in [3.63, 3.8) is 0 Å². The van der Waals surface area contributed by atoms with E-state index in [0.717, 1.165) is 12.8 Å². The fourth-order valence-electron chi connectivity index (χ4n) is 4.67. The van der Waals surface area contributed by atoms with Crippen LogP contribution >= 0.6 is 0 Å². The van der Waals surface area contributed by atoms with Crippen molar-refractivity contribution in [3.05, 3.63) is 0 Å². The van der Waals surface area contributed by atoms with Crippen molar-refractivity contribution in [2.45, 2.75) is 125 Å². The second-order valence-corrected chi connectivity index (χ2v) is 12.2. The van der Waals surface area contributed by atoms with E-state index in [2.05, 4.69) is 12.2 Å². The fourth-order valence-corrected chi connectivity index (χ4v) is 4.67. The molecule has 198 valence electrons. The van der Waals surface area contributed by atoms with Gasteiger partial charge in [-0.3, -0.25) is 14.5 Å². The number of carbonyl (C=O) groups excluding carboxylic acids is 2.